The van der Waals surface area contributed by atoms with Crippen LogP contribution in [0.2, 0.25) is 5.02 Å². The van der Waals surface area contributed by atoms with Gasteiger partial charge in [-0.15, -0.1) is 10.2 Å². The minimum atomic E-state index is -0.640. The smallest absolute Gasteiger partial charge is 0.251 e. The Labute approximate surface area is 157 Å². The van der Waals surface area contributed by atoms with Gasteiger partial charge in [0.15, 0.2) is 5.82 Å². The van der Waals surface area contributed by atoms with Crippen LogP contribution >= 0.6 is 11.6 Å². The minimum absolute atomic E-state index is 0.0598. The van der Waals surface area contributed by atoms with Crippen molar-refractivity contribution < 1.29 is 9.59 Å². The highest BCUT2D eigenvalue weighted by Gasteiger charge is 2.25. The fourth-order valence-corrected chi connectivity index (χ4v) is 3.10. The number of amides is 2. The number of rotatable bonds is 6. The van der Waals surface area contributed by atoms with E-state index in [2.05, 4.69) is 20.8 Å². The van der Waals surface area contributed by atoms with Gasteiger partial charge in [-0.05, 0) is 36.6 Å². The van der Waals surface area contributed by atoms with Crippen LogP contribution in [0.1, 0.15) is 42.3 Å². The molecule has 2 heterocycles. The van der Waals surface area contributed by atoms with Crippen molar-refractivity contribution in [1.29, 1.82) is 0 Å². The zero-order valence-electron chi connectivity index (χ0n) is 14.8. The van der Waals surface area contributed by atoms with Gasteiger partial charge in [-0.2, -0.15) is 0 Å². The minimum Gasteiger partial charge on any atom is -0.347 e. The Bertz CT molecular complexity index is 800. The van der Waals surface area contributed by atoms with E-state index in [0.29, 0.717) is 17.1 Å². The molecule has 0 fully saturated rings. The normalized spacial score (nSPS) is 14.2. The predicted octanol–water partition coefficient (Wildman–Crippen LogP) is 1.95. The third-order valence-corrected chi connectivity index (χ3v) is 4.70. The van der Waals surface area contributed by atoms with E-state index in [-0.39, 0.29) is 17.7 Å². The Hall–Kier alpha value is -2.41. The summed E-state index contributed by atoms with van der Waals surface area (Å²) in [6.07, 6.45) is 1.98. The van der Waals surface area contributed by atoms with Crippen LogP contribution in [0.4, 0.5) is 0 Å². The first-order valence-electron chi connectivity index (χ1n) is 8.71. The molecule has 138 valence electrons. The Morgan fingerprint density at radius 2 is 1.96 bits per heavy atom. The number of hydrogen-bond acceptors (Lipinski definition) is 4. The van der Waals surface area contributed by atoms with Crippen LogP contribution in [0.5, 0.6) is 0 Å². The van der Waals surface area contributed by atoms with Gasteiger partial charge in [0.2, 0.25) is 5.91 Å². The van der Waals surface area contributed by atoms with Crippen LogP contribution in [0.15, 0.2) is 24.3 Å². The van der Waals surface area contributed by atoms with Gasteiger partial charge in [-0.1, -0.05) is 25.4 Å². The highest BCUT2D eigenvalue weighted by molar-refractivity contribution is 6.30. The van der Waals surface area contributed by atoms with Gasteiger partial charge in [0.05, 0.1) is 6.54 Å². The highest BCUT2D eigenvalue weighted by atomic mass is 35.5. The van der Waals surface area contributed by atoms with Crippen LogP contribution in [0.3, 0.4) is 0 Å². The lowest BCUT2D eigenvalue weighted by atomic mass is 10.0. The van der Waals surface area contributed by atoms with Crippen molar-refractivity contribution >= 4 is 23.4 Å². The summed E-state index contributed by atoms with van der Waals surface area (Å²) in [5.41, 5.74) is 0.461. The summed E-state index contributed by atoms with van der Waals surface area (Å²) in [6.45, 7) is 4.96. The first-order chi connectivity index (χ1) is 12.5. The van der Waals surface area contributed by atoms with Crippen molar-refractivity contribution in [3.8, 4) is 0 Å². The number of fused-ring (bicyclic) bond motifs is 1. The van der Waals surface area contributed by atoms with E-state index in [4.69, 9.17) is 11.6 Å². The van der Waals surface area contributed by atoms with Crippen LogP contribution in [-0.4, -0.2) is 32.6 Å². The van der Waals surface area contributed by atoms with Crippen molar-refractivity contribution in [3.05, 3.63) is 46.5 Å². The van der Waals surface area contributed by atoms with Crippen LogP contribution in [0, 0.1) is 5.92 Å². The van der Waals surface area contributed by atoms with E-state index >= 15 is 0 Å². The van der Waals surface area contributed by atoms with Crippen molar-refractivity contribution in [3.63, 3.8) is 0 Å². The maximum absolute atomic E-state index is 12.6. The van der Waals surface area contributed by atoms with Crippen LogP contribution in [0.25, 0.3) is 0 Å². The Balaban J connectivity index is 1.62. The Morgan fingerprint density at radius 1 is 1.23 bits per heavy atom. The van der Waals surface area contributed by atoms with E-state index in [1.807, 2.05) is 18.4 Å². The molecule has 0 bridgehead atoms. The molecule has 0 aliphatic carbocycles. The molecule has 2 aromatic rings. The standard InChI is InChI=1S/C18H22ClN5O2/c1-11(2)16(21-17(25)12-5-7-13(19)8-6-12)18(26)20-10-15-23-22-14-4-3-9-24(14)15/h5-8,11,16H,3-4,9-10H2,1-2H3,(H,20,26)(H,21,25)/t16-/m1/s1. The number of nitrogens with zero attached hydrogens (tertiary/aromatic N) is 3. The molecule has 0 saturated carbocycles. The summed E-state index contributed by atoms with van der Waals surface area (Å²) in [5, 5.41) is 14.5. The summed E-state index contributed by atoms with van der Waals surface area (Å²) in [5.74, 6) is 1.11. The van der Waals surface area contributed by atoms with E-state index in [1.54, 1.807) is 24.3 Å². The lowest BCUT2D eigenvalue weighted by molar-refractivity contribution is -0.124. The number of nitrogens with one attached hydrogen (secondary N) is 2. The average molecular weight is 376 g/mol. The van der Waals surface area contributed by atoms with Gasteiger partial charge in [0.25, 0.3) is 5.91 Å². The molecular formula is C18H22ClN5O2. The molecule has 3 rings (SSSR count). The molecule has 1 atom stereocenters. The number of aromatic nitrogens is 3. The zero-order valence-corrected chi connectivity index (χ0v) is 15.6. The number of aryl methyl sites for hydroxylation is 1. The molecule has 0 spiro atoms. The van der Waals surface area contributed by atoms with E-state index < -0.39 is 6.04 Å². The molecular weight excluding hydrogens is 354 g/mol. The lowest BCUT2D eigenvalue weighted by Gasteiger charge is -2.21. The quantitative estimate of drug-likeness (QED) is 0.807. The largest absolute Gasteiger partial charge is 0.347 e. The third-order valence-electron chi connectivity index (χ3n) is 4.45. The average Bonchev–Trinajstić information content (AvgIpc) is 3.21. The molecule has 8 heteroatoms. The van der Waals surface area contributed by atoms with Gasteiger partial charge in [0.1, 0.15) is 11.9 Å². The second-order valence-corrected chi connectivity index (χ2v) is 7.14. The molecule has 2 amide bonds. The Kier molecular flexibility index (Phi) is 5.56. The molecule has 0 unspecified atom stereocenters. The second-order valence-electron chi connectivity index (χ2n) is 6.71. The summed E-state index contributed by atoms with van der Waals surface area (Å²) in [4.78, 5) is 25.0. The monoisotopic (exact) mass is 375 g/mol. The molecule has 0 radical (unpaired) electrons. The third kappa shape index (κ3) is 4.04. The number of carbonyl (C=O) groups excluding carboxylic acids is 2. The van der Waals surface area contributed by atoms with Crippen molar-refractivity contribution in [2.45, 2.75) is 45.8 Å². The molecule has 0 saturated heterocycles. The predicted molar refractivity (Wildman–Crippen MR) is 97.7 cm³/mol. The fourth-order valence-electron chi connectivity index (χ4n) is 2.98. The van der Waals surface area contributed by atoms with Gasteiger partial charge < -0.3 is 15.2 Å². The SMILES string of the molecule is CC(C)[C@@H](NC(=O)c1ccc(Cl)cc1)C(=O)NCc1nnc2n1CCC2. The van der Waals surface area contributed by atoms with Crippen molar-refractivity contribution in [1.82, 2.24) is 25.4 Å². The molecule has 7 nitrogen and oxygen atoms in total. The van der Waals surface area contributed by atoms with E-state index in [0.717, 1.165) is 31.0 Å². The first kappa shape index (κ1) is 18.4. The first-order valence-corrected chi connectivity index (χ1v) is 9.08. The van der Waals surface area contributed by atoms with Gasteiger partial charge in [0, 0.05) is 23.6 Å². The van der Waals surface area contributed by atoms with Crippen molar-refractivity contribution in [2.75, 3.05) is 0 Å². The number of halogens is 1. The summed E-state index contributed by atoms with van der Waals surface area (Å²) in [6, 6.07) is 5.91. The summed E-state index contributed by atoms with van der Waals surface area (Å²) < 4.78 is 2.04. The fraction of sp³-hybridized carbons (Fsp3) is 0.444. The zero-order chi connectivity index (χ0) is 18.7. The number of carbonyl (C=O) groups is 2. The molecule has 2 N–H and O–H groups in total. The van der Waals surface area contributed by atoms with Gasteiger partial charge >= 0.3 is 0 Å². The molecule has 26 heavy (non-hydrogen) atoms. The van der Waals surface area contributed by atoms with Crippen LogP contribution < -0.4 is 10.6 Å². The Morgan fingerprint density at radius 3 is 2.65 bits per heavy atom. The summed E-state index contributed by atoms with van der Waals surface area (Å²) >= 11 is 5.84. The van der Waals surface area contributed by atoms with Crippen molar-refractivity contribution in [2.24, 2.45) is 5.92 Å². The summed E-state index contributed by atoms with van der Waals surface area (Å²) in [7, 11) is 0. The van der Waals surface area contributed by atoms with Gasteiger partial charge in [-0.3, -0.25) is 9.59 Å². The molecule has 1 aromatic heterocycles. The van der Waals surface area contributed by atoms with E-state index in [9.17, 15) is 9.59 Å². The maximum Gasteiger partial charge on any atom is 0.251 e. The van der Waals surface area contributed by atoms with E-state index in [1.165, 1.54) is 0 Å². The molecule has 1 aliphatic rings. The topological polar surface area (TPSA) is 88.9 Å². The number of benzene rings is 1. The van der Waals surface area contributed by atoms with Gasteiger partial charge in [-0.25, -0.2) is 0 Å². The van der Waals surface area contributed by atoms with Crippen LogP contribution in [-0.2, 0) is 24.3 Å². The second kappa shape index (κ2) is 7.86. The maximum atomic E-state index is 12.6. The lowest BCUT2D eigenvalue weighted by Crippen LogP contribution is -2.49. The molecule has 1 aliphatic heterocycles. The number of hydrogen-bond donors (Lipinski definition) is 2. The molecule has 1 aromatic carbocycles. The highest BCUT2D eigenvalue weighted by Crippen LogP contribution is 2.14.